The van der Waals surface area contributed by atoms with E-state index < -0.39 is 11.8 Å². The zero-order valence-corrected chi connectivity index (χ0v) is 19.0. The molecule has 3 atom stereocenters. The number of phenols is 1. The Morgan fingerprint density at radius 2 is 2.06 bits per heavy atom. The molecule has 0 unspecified atom stereocenters. The smallest absolute Gasteiger partial charge is 0.250 e. The third-order valence-corrected chi connectivity index (χ3v) is 6.62. The number of nitrogens with zero attached hydrogens (tertiary/aromatic N) is 5. The van der Waals surface area contributed by atoms with Crippen LogP contribution in [0.2, 0.25) is 5.15 Å². The van der Waals surface area contributed by atoms with E-state index >= 15 is 0 Å². The van der Waals surface area contributed by atoms with Gasteiger partial charge >= 0.3 is 0 Å². The molecule has 1 fully saturated rings. The highest BCUT2D eigenvalue weighted by Gasteiger charge is 2.46. The summed E-state index contributed by atoms with van der Waals surface area (Å²) in [6, 6.07) is 8.87. The molecule has 32 heavy (non-hydrogen) atoms. The molecule has 1 aromatic carbocycles. The molecule has 4 rings (SSSR count). The number of rotatable bonds is 6. The molecule has 6 nitrogen and oxygen atoms in total. The van der Waals surface area contributed by atoms with Crippen molar-refractivity contribution in [3.8, 4) is 22.7 Å². The quantitative estimate of drug-likeness (QED) is 0.518. The van der Waals surface area contributed by atoms with E-state index in [0.29, 0.717) is 35.1 Å². The summed E-state index contributed by atoms with van der Waals surface area (Å²) < 4.78 is 29.4. The first-order valence-corrected chi connectivity index (χ1v) is 11.0. The van der Waals surface area contributed by atoms with Crippen LogP contribution < -0.4 is 4.90 Å². The fraction of sp³-hybridized carbons (Fsp3) is 0.435. The molecule has 0 bridgehead atoms. The third kappa shape index (κ3) is 4.55. The third-order valence-electron chi connectivity index (χ3n) is 6.42. The number of phenolic OH excluding ortho intramolecular Hbond substituents is 1. The number of anilines is 1. The van der Waals surface area contributed by atoms with Crippen molar-refractivity contribution < 1.29 is 13.9 Å². The second-order valence-electron chi connectivity index (χ2n) is 8.75. The van der Waals surface area contributed by atoms with Crippen LogP contribution in [-0.2, 0) is 0 Å². The molecule has 2 heterocycles. The van der Waals surface area contributed by atoms with Gasteiger partial charge in [0.25, 0.3) is 5.92 Å². The van der Waals surface area contributed by atoms with Crippen molar-refractivity contribution in [1.82, 2.24) is 19.7 Å². The van der Waals surface area contributed by atoms with Crippen LogP contribution in [0.3, 0.4) is 0 Å². The van der Waals surface area contributed by atoms with Gasteiger partial charge in [-0.15, -0.1) is 10.2 Å². The Morgan fingerprint density at radius 1 is 1.28 bits per heavy atom. The zero-order chi connectivity index (χ0) is 23.0. The number of aromatic nitrogens is 4. The Kier molecular flexibility index (Phi) is 6.07. The van der Waals surface area contributed by atoms with E-state index in [1.165, 1.54) is 0 Å². The monoisotopic (exact) mass is 461 g/mol. The highest BCUT2D eigenvalue weighted by Crippen LogP contribution is 2.45. The number of imidazole rings is 1. The van der Waals surface area contributed by atoms with Gasteiger partial charge in [0.15, 0.2) is 5.82 Å². The first kappa shape index (κ1) is 22.5. The first-order chi connectivity index (χ1) is 15.1. The summed E-state index contributed by atoms with van der Waals surface area (Å²) in [6.45, 7) is 3.65. The molecule has 0 spiro atoms. The number of hydrogen-bond acceptors (Lipinski definition) is 5. The second-order valence-corrected chi connectivity index (χ2v) is 9.13. The molecular weight excluding hydrogens is 436 g/mol. The Labute approximate surface area is 190 Å². The number of aromatic hydroxyl groups is 1. The number of hydrogen-bond donors (Lipinski definition) is 1. The minimum atomic E-state index is -2.56. The van der Waals surface area contributed by atoms with Crippen molar-refractivity contribution >= 4 is 17.4 Å². The predicted molar refractivity (Wildman–Crippen MR) is 121 cm³/mol. The van der Waals surface area contributed by atoms with Gasteiger partial charge in [-0.1, -0.05) is 18.5 Å². The minimum absolute atomic E-state index is 0.00511. The summed E-state index contributed by atoms with van der Waals surface area (Å²) in [6.07, 6.45) is 4.40. The molecule has 1 saturated carbocycles. The summed E-state index contributed by atoms with van der Waals surface area (Å²) in [5.74, 6) is -2.40. The summed E-state index contributed by atoms with van der Waals surface area (Å²) >= 11 is 5.86. The number of halogens is 3. The maximum atomic E-state index is 13.9. The second kappa shape index (κ2) is 8.65. The van der Waals surface area contributed by atoms with Gasteiger partial charge in [0.1, 0.15) is 17.2 Å². The standard InChI is InChI=1S/C23H26ClF2N5O/c1-14-8-16(11-23(14,25)26)9-15(2)30(3)22-7-6-19(28-29-22)18-5-4-17(10-20(18)32)31-12-21(24)27-13-31/h4-7,10,12-16,32H,8-9,11H2,1-3H3/t14-,15-,16-/m0/s1. The van der Waals surface area contributed by atoms with Gasteiger partial charge in [-0.2, -0.15) is 0 Å². The van der Waals surface area contributed by atoms with E-state index in [-0.39, 0.29) is 24.1 Å². The summed E-state index contributed by atoms with van der Waals surface area (Å²) in [7, 11) is 1.90. The average Bonchev–Trinajstić information content (AvgIpc) is 3.29. The minimum Gasteiger partial charge on any atom is -0.507 e. The Balaban J connectivity index is 1.44. The van der Waals surface area contributed by atoms with Crippen molar-refractivity contribution in [2.24, 2.45) is 11.8 Å². The Morgan fingerprint density at radius 3 is 2.62 bits per heavy atom. The molecule has 0 saturated heterocycles. The zero-order valence-electron chi connectivity index (χ0n) is 18.2. The normalized spacial score (nSPS) is 20.9. The molecule has 9 heteroatoms. The van der Waals surface area contributed by atoms with Crippen molar-refractivity contribution in [2.75, 3.05) is 11.9 Å². The molecule has 0 radical (unpaired) electrons. The van der Waals surface area contributed by atoms with E-state index in [9.17, 15) is 13.9 Å². The lowest BCUT2D eigenvalue weighted by Crippen LogP contribution is -2.31. The lowest BCUT2D eigenvalue weighted by molar-refractivity contribution is -0.0324. The van der Waals surface area contributed by atoms with Crippen LogP contribution in [0, 0.1) is 11.8 Å². The van der Waals surface area contributed by atoms with E-state index in [2.05, 4.69) is 15.2 Å². The molecule has 1 aliphatic carbocycles. The summed E-state index contributed by atoms with van der Waals surface area (Å²) in [5, 5.41) is 19.4. The molecule has 3 aromatic rings. The van der Waals surface area contributed by atoms with Gasteiger partial charge in [0.05, 0.1) is 11.4 Å². The van der Waals surface area contributed by atoms with Gasteiger partial charge in [0.2, 0.25) is 0 Å². The molecule has 1 N–H and O–H groups in total. The van der Waals surface area contributed by atoms with E-state index in [4.69, 9.17) is 11.6 Å². The van der Waals surface area contributed by atoms with Gasteiger partial charge in [-0.3, -0.25) is 0 Å². The van der Waals surface area contributed by atoms with Crippen LogP contribution in [0.5, 0.6) is 5.75 Å². The predicted octanol–water partition coefficient (Wildman–Crippen LogP) is 5.58. The summed E-state index contributed by atoms with van der Waals surface area (Å²) in [5.41, 5.74) is 1.80. The Bertz CT molecular complexity index is 1090. The molecule has 0 amide bonds. The van der Waals surface area contributed by atoms with Gasteiger partial charge in [-0.25, -0.2) is 13.8 Å². The number of benzene rings is 1. The van der Waals surface area contributed by atoms with Crippen molar-refractivity contribution in [3.05, 3.63) is 48.0 Å². The van der Waals surface area contributed by atoms with E-state index in [0.717, 1.165) is 5.69 Å². The molecular formula is C23H26ClF2N5O. The maximum Gasteiger partial charge on any atom is 0.250 e. The van der Waals surface area contributed by atoms with Crippen LogP contribution in [0.15, 0.2) is 42.9 Å². The lowest BCUT2D eigenvalue weighted by atomic mass is 9.97. The molecule has 0 aliphatic heterocycles. The van der Waals surface area contributed by atoms with E-state index in [1.807, 2.05) is 31.0 Å². The molecule has 2 aromatic heterocycles. The van der Waals surface area contributed by atoms with Gasteiger partial charge in [0, 0.05) is 43.3 Å². The van der Waals surface area contributed by atoms with Crippen molar-refractivity contribution in [1.29, 1.82) is 0 Å². The van der Waals surface area contributed by atoms with Gasteiger partial charge in [-0.05, 0) is 49.9 Å². The van der Waals surface area contributed by atoms with Crippen molar-refractivity contribution in [3.63, 3.8) is 0 Å². The highest BCUT2D eigenvalue weighted by atomic mass is 35.5. The topological polar surface area (TPSA) is 67.1 Å². The number of alkyl halides is 2. The molecule has 1 aliphatic rings. The van der Waals surface area contributed by atoms with Crippen LogP contribution in [0.4, 0.5) is 14.6 Å². The van der Waals surface area contributed by atoms with Crippen LogP contribution >= 0.6 is 11.6 Å². The SMILES string of the molecule is C[C@@H](C[C@@H]1C[C@H](C)C(F)(F)C1)N(C)c1ccc(-c2ccc(-n3cnc(Cl)c3)cc2O)nn1. The lowest BCUT2D eigenvalue weighted by Gasteiger charge is -2.27. The summed E-state index contributed by atoms with van der Waals surface area (Å²) in [4.78, 5) is 5.93. The fourth-order valence-electron chi connectivity index (χ4n) is 4.38. The fourth-order valence-corrected chi connectivity index (χ4v) is 4.53. The average molecular weight is 462 g/mol. The van der Waals surface area contributed by atoms with E-state index in [1.54, 1.807) is 42.2 Å². The van der Waals surface area contributed by atoms with Crippen LogP contribution in [0.1, 0.15) is 33.1 Å². The molecule has 170 valence electrons. The first-order valence-electron chi connectivity index (χ1n) is 10.6. The Hall–Kier alpha value is -2.74. The van der Waals surface area contributed by atoms with Crippen LogP contribution in [0.25, 0.3) is 16.9 Å². The highest BCUT2D eigenvalue weighted by molar-refractivity contribution is 6.29. The van der Waals surface area contributed by atoms with Gasteiger partial charge < -0.3 is 14.6 Å². The van der Waals surface area contributed by atoms with Crippen LogP contribution in [-0.4, -0.2) is 43.9 Å². The van der Waals surface area contributed by atoms with Crippen molar-refractivity contribution in [2.45, 2.75) is 45.1 Å². The largest absolute Gasteiger partial charge is 0.507 e. The maximum absolute atomic E-state index is 13.9.